The molecule has 4 aromatic rings. The molecule has 0 saturated heterocycles. The molecule has 0 aliphatic rings. The molecule has 2 aromatic carbocycles. The van der Waals surface area contributed by atoms with Gasteiger partial charge in [-0.3, -0.25) is 0 Å². The lowest BCUT2D eigenvalue weighted by Gasteiger charge is -2.03. The van der Waals surface area contributed by atoms with Crippen molar-refractivity contribution >= 4 is 17.8 Å². The summed E-state index contributed by atoms with van der Waals surface area (Å²) in [5.41, 5.74) is 3.26. The number of aromatic nitrogens is 5. The van der Waals surface area contributed by atoms with Crippen LogP contribution in [-0.2, 0) is 6.54 Å². The van der Waals surface area contributed by atoms with E-state index in [1.165, 1.54) is 18.5 Å². The van der Waals surface area contributed by atoms with E-state index < -0.39 is 0 Å². The van der Waals surface area contributed by atoms with E-state index in [9.17, 15) is 4.39 Å². The molecule has 0 aliphatic carbocycles. The maximum atomic E-state index is 13.1. The predicted octanol–water partition coefficient (Wildman–Crippen LogP) is 4.17. The van der Waals surface area contributed by atoms with Crippen molar-refractivity contribution in [2.75, 3.05) is 0 Å². The van der Waals surface area contributed by atoms with Crippen molar-refractivity contribution in [2.45, 2.75) is 13.5 Å². The molecular formula is C20H16ClFN6. The monoisotopic (exact) mass is 394 g/mol. The minimum atomic E-state index is -0.275. The van der Waals surface area contributed by atoms with Gasteiger partial charge in [0.15, 0.2) is 5.82 Å². The Morgan fingerprint density at radius 1 is 1.11 bits per heavy atom. The minimum Gasteiger partial charge on any atom is -0.249 e. The van der Waals surface area contributed by atoms with Crippen molar-refractivity contribution < 1.29 is 4.39 Å². The highest BCUT2D eigenvalue weighted by molar-refractivity contribution is 6.32. The van der Waals surface area contributed by atoms with Gasteiger partial charge in [-0.2, -0.15) is 14.9 Å². The Labute approximate surface area is 165 Å². The molecule has 2 heterocycles. The van der Waals surface area contributed by atoms with Crippen LogP contribution in [0.25, 0.3) is 11.4 Å². The summed E-state index contributed by atoms with van der Waals surface area (Å²) in [6, 6.07) is 15.9. The molecule has 0 saturated carbocycles. The summed E-state index contributed by atoms with van der Waals surface area (Å²) in [6.07, 6.45) is 3.17. The zero-order valence-corrected chi connectivity index (χ0v) is 15.8. The molecular weight excluding hydrogens is 379 g/mol. The average molecular weight is 395 g/mol. The number of hydrogen-bond acceptors (Lipinski definition) is 4. The molecule has 0 N–H and O–H groups in total. The predicted molar refractivity (Wildman–Crippen MR) is 106 cm³/mol. The summed E-state index contributed by atoms with van der Waals surface area (Å²) in [5, 5.41) is 17.4. The first-order chi connectivity index (χ1) is 13.6. The first kappa shape index (κ1) is 18.1. The lowest BCUT2D eigenvalue weighted by Crippen LogP contribution is -2.02. The highest BCUT2D eigenvalue weighted by Crippen LogP contribution is 2.20. The fourth-order valence-corrected chi connectivity index (χ4v) is 3.08. The van der Waals surface area contributed by atoms with Crippen molar-refractivity contribution in [3.63, 3.8) is 0 Å². The van der Waals surface area contributed by atoms with Gasteiger partial charge in [0.2, 0.25) is 0 Å². The molecule has 28 heavy (non-hydrogen) atoms. The molecule has 0 radical (unpaired) electrons. The second-order valence-electron chi connectivity index (χ2n) is 6.18. The lowest BCUT2D eigenvalue weighted by atomic mass is 10.2. The molecule has 0 aliphatic heterocycles. The summed E-state index contributed by atoms with van der Waals surface area (Å²) in [6.45, 7) is 2.30. The number of nitrogens with zero attached hydrogens (tertiary/aromatic N) is 6. The molecule has 0 fully saturated rings. The number of aryl methyl sites for hydroxylation is 1. The first-order valence-corrected chi connectivity index (χ1v) is 8.97. The summed E-state index contributed by atoms with van der Waals surface area (Å²) >= 11 is 6.50. The van der Waals surface area contributed by atoms with Crippen molar-refractivity contribution in [3.05, 3.63) is 88.7 Å². The lowest BCUT2D eigenvalue weighted by molar-refractivity contribution is 0.624. The van der Waals surface area contributed by atoms with Gasteiger partial charge in [-0.15, -0.1) is 10.2 Å². The van der Waals surface area contributed by atoms with Crippen molar-refractivity contribution in [1.29, 1.82) is 0 Å². The van der Waals surface area contributed by atoms with E-state index >= 15 is 0 Å². The van der Waals surface area contributed by atoms with Crippen LogP contribution >= 0.6 is 11.6 Å². The van der Waals surface area contributed by atoms with E-state index in [2.05, 4.69) is 20.4 Å². The Bertz CT molecular complexity index is 1120. The van der Waals surface area contributed by atoms with Crippen molar-refractivity contribution in [2.24, 2.45) is 5.10 Å². The summed E-state index contributed by atoms with van der Waals surface area (Å²) in [5.74, 6) is 0.354. The zero-order valence-electron chi connectivity index (χ0n) is 15.0. The van der Waals surface area contributed by atoms with Crippen LogP contribution in [-0.4, -0.2) is 30.9 Å². The Morgan fingerprint density at radius 2 is 1.86 bits per heavy atom. The largest absolute Gasteiger partial charge is 0.249 e. The van der Waals surface area contributed by atoms with Crippen LogP contribution in [0.3, 0.4) is 0 Å². The van der Waals surface area contributed by atoms with Crippen LogP contribution in [0.2, 0.25) is 5.15 Å². The van der Waals surface area contributed by atoms with Crippen LogP contribution < -0.4 is 0 Å². The number of hydrogen-bond donors (Lipinski definition) is 0. The Balaban J connectivity index is 1.60. The smallest absolute Gasteiger partial charge is 0.184 e. The number of benzene rings is 2. The fourth-order valence-electron chi connectivity index (χ4n) is 2.79. The molecule has 0 atom stereocenters. The molecule has 0 bridgehead atoms. The Morgan fingerprint density at radius 3 is 2.61 bits per heavy atom. The maximum Gasteiger partial charge on any atom is 0.184 e. The SMILES string of the molecule is Cc1nn(Cc2ccc(F)cc2)c(Cl)c1/C=N\n1cnnc1-c1ccccc1. The molecule has 0 unspecified atom stereocenters. The topological polar surface area (TPSA) is 60.9 Å². The van der Waals surface area contributed by atoms with E-state index in [-0.39, 0.29) is 5.82 Å². The van der Waals surface area contributed by atoms with E-state index in [0.717, 1.165) is 16.8 Å². The standard InChI is InChI=1S/C20H16ClFN6/c1-14-18(19(21)27(26-14)12-15-7-9-17(22)10-8-15)11-24-28-13-23-25-20(28)16-5-3-2-4-6-16/h2-11,13H,12H2,1H3/b24-11-. The molecule has 8 heteroatoms. The van der Waals surface area contributed by atoms with Gasteiger partial charge in [0.1, 0.15) is 17.3 Å². The van der Waals surface area contributed by atoms with Crippen LogP contribution in [0.15, 0.2) is 66.0 Å². The fraction of sp³-hybridized carbons (Fsp3) is 0.100. The molecule has 0 spiro atoms. The van der Waals surface area contributed by atoms with Crippen LogP contribution in [0.5, 0.6) is 0 Å². The van der Waals surface area contributed by atoms with Gasteiger partial charge in [-0.1, -0.05) is 54.1 Å². The second kappa shape index (κ2) is 7.74. The number of rotatable bonds is 5. The highest BCUT2D eigenvalue weighted by Gasteiger charge is 2.13. The van der Waals surface area contributed by atoms with E-state index in [1.807, 2.05) is 37.3 Å². The quantitative estimate of drug-likeness (QED) is 0.477. The zero-order chi connectivity index (χ0) is 19.5. The minimum absolute atomic E-state index is 0.275. The highest BCUT2D eigenvalue weighted by atomic mass is 35.5. The summed E-state index contributed by atoms with van der Waals surface area (Å²) in [7, 11) is 0. The number of halogens is 2. The third-order valence-electron chi connectivity index (χ3n) is 4.23. The molecule has 140 valence electrons. The van der Waals surface area contributed by atoms with Crippen LogP contribution in [0.4, 0.5) is 4.39 Å². The third-order valence-corrected chi connectivity index (χ3v) is 4.63. The average Bonchev–Trinajstić information content (AvgIpc) is 3.28. The first-order valence-electron chi connectivity index (χ1n) is 8.59. The van der Waals surface area contributed by atoms with Gasteiger partial charge in [0.05, 0.1) is 24.0 Å². The normalized spacial score (nSPS) is 11.4. The van der Waals surface area contributed by atoms with Gasteiger partial charge in [-0.25, -0.2) is 9.07 Å². The molecule has 2 aromatic heterocycles. The molecule has 6 nitrogen and oxygen atoms in total. The third kappa shape index (κ3) is 3.70. The summed E-state index contributed by atoms with van der Waals surface area (Å²) < 4.78 is 16.3. The van der Waals surface area contributed by atoms with Gasteiger partial charge in [0.25, 0.3) is 0 Å². The van der Waals surface area contributed by atoms with Crippen LogP contribution in [0.1, 0.15) is 16.8 Å². The summed E-state index contributed by atoms with van der Waals surface area (Å²) in [4.78, 5) is 0. The van der Waals surface area contributed by atoms with Gasteiger partial charge in [0, 0.05) is 5.56 Å². The van der Waals surface area contributed by atoms with E-state index in [4.69, 9.17) is 11.6 Å². The molecule has 4 rings (SSSR count). The van der Waals surface area contributed by atoms with Crippen LogP contribution in [0, 0.1) is 12.7 Å². The van der Waals surface area contributed by atoms with Gasteiger partial charge >= 0.3 is 0 Å². The van der Waals surface area contributed by atoms with Gasteiger partial charge in [-0.05, 0) is 24.6 Å². The Hall–Kier alpha value is -3.32. The van der Waals surface area contributed by atoms with Gasteiger partial charge < -0.3 is 0 Å². The Kier molecular flexibility index (Phi) is 4.99. The second-order valence-corrected chi connectivity index (χ2v) is 6.54. The molecule has 0 amide bonds. The van der Waals surface area contributed by atoms with Crippen molar-refractivity contribution in [3.8, 4) is 11.4 Å². The van der Waals surface area contributed by atoms with E-state index in [0.29, 0.717) is 23.1 Å². The van der Waals surface area contributed by atoms with E-state index in [1.54, 1.807) is 27.7 Å². The van der Waals surface area contributed by atoms with Crippen molar-refractivity contribution in [1.82, 2.24) is 24.7 Å². The maximum absolute atomic E-state index is 13.1.